The molecule has 1 amide bonds. The summed E-state index contributed by atoms with van der Waals surface area (Å²) in [5.74, 6) is 0.584. The van der Waals surface area contributed by atoms with Crippen molar-refractivity contribution in [1.82, 2.24) is 10.2 Å². The lowest BCUT2D eigenvalue weighted by molar-refractivity contribution is 0.102. The number of carbonyl (C=O) groups is 1. The molecule has 0 saturated carbocycles. The number of carbonyl (C=O) groups excluding carboxylic acids is 1. The fourth-order valence-electron chi connectivity index (χ4n) is 1.92. The Hall–Kier alpha value is -2.34. The third-order valence-electron chi connectivity index (χ3n) is 2.80. The van der Waals surface area contributed by atoms with Crippen LogP contribution in [-0.4, -0.2) is 29.3 Å². The molecule has 0 bridgehead atoms. The molecule has 20 heavy (non-hydrogen) atoms. The van der Waals surface area contributed by atoms with Crippen molar-refractivity contribution in [2.45, 2.75) is 0 Å². The van der Waals surface area contributed by atoms with Crippen molar-refractivity contribution in [3.63, 3.8) is 0 Å². The molecule has 102 valence electrons. The zero-order valence-electron chi connectivity index (χ0n) is 10.4. The average Bonchev–Trinajstić information content (AvgIpc) is 2.49. The minimum Gasteiger partial charge on any atom is -0.489 e. The second-order valence-corrected chi connectivity index (χ2v) is 4.54. The first kappa shape index (κ1) is 12.7. The summed E-state index contributed by atoms with van der Waals surface area (Å²) in [4.78, 5) is 12.3. The molecule has 0 fully saturated rings. The number of fused-ring (bicyclic) bond motifs is 1. The number of nitrogens with one attached hydrogen (secondary N) is 2. The Morgan fingerprint density at radius 2 is 2.20 bits per heavy atom. The van der Waals surface area contributed by atoms with Crippen molar-refractivity contribution in [3.05, 3.63) is 41.0 Å². The van der Waals surface area contributed by atoms with Crippen molar-refractivity contribution in [2.75, 3.05) is 23.8 Å². The monoisotopic (exact) mass is 290 g/mol. The highest BCUT2D eigenvalue weighted by Gasteiger charge is 2.19. The molecule has 1 aliphatic rings. The number of rotatable bonds is 2. The van der Waals surface area contributed by atoms with Crippen LogP contribution in [0.4, 0.5) is 11.5 Å². The minimum atomic E-state index is -0.304. The summed E-state index contributed by atoms with van der Waals surface area (Å²) in [5.41, 5.74) is 1.26. The van der Waals surface area contributed by atoms with Gasteiger partial charge in [0, 0.05) is 6.54 Å². The number of ether oxygens (including phenoxy) is 1. The number of para-hydroxylation sites is 1. The van der Waals surface area contributed by atoms with Crippen LogP contribution < -0.4 is 15.4 Å². The Labute approximate surface area is 120 Å². The third kappa shape index (κ3) is 2.50. The van der Waals surface area contributed by atoms with Crippen molar-refractivity contribution >= 4 is 29.0 Å². The molecule has 0 unspecified atom stereocenters. The van der Waals surface area contributed by atoms with Gasteiger partial charge in [-0.25, -0.2) is 0 Å². The van der Waals surface area contributed by atoms with Crippen LogP contribution in [0.3, 0.4) is 0 Å². The molecule has 2 heterocycles. The normalized spacial score (nSPS) is 12.8. The van der Waals surface area contributed by atoms with Gasteiger partial charge in [-0.3, -0.25) is 4.79 Å². The minimum absolute atomic E-state index is 0.271. The van der Waals surface area contributed by atoms with E-state index in [-0.39, 0.29) is 11.1 Å². The summed E-state index contributed by atoms with van der Waals surface area (Å²) in [7, 11) is 0. The number of nitrogens with zero attached hydrogens (tertiary/aromatic N) is 2. The van der Waals surface area contributed by atoms with E-state index in [1.165, 1.54) is 0 Å². The maximum atomic E-state index is 12.3. The van der Waals surface area contributed by atoms with Crippen molar-refractivity contribution < 1.29 is 9.53 Å². The number of anilines is 2. The summed E-state index contributed by atoms with van der Waals surface area (Å²) >= 11 is 5.65. The largest absolute Gasteiger partial charge is 0.489 e. The predicted octanol–water partition coefficient (Wildman–Crippen LogP) is 2.19. The highest BCUT2D eigenvalue weighted by molar-refractivity contribution is 6.29. The molecule has 3 rings (SSSR count). The molecule has 1 aromatic carbocycles. The Kier molecular flexibility index (Phi) is 3.39. The van der Waals surface area contributed by atoms with Crippen LogP contribution in [-0.2, 0) is 0 Å². The lowest BCUT2D eigenvalue weighted by Gasteiger charge is -2.21. The van der Waals surface area contributed by atoms with E-state index in [1.807, 2.05) is 6.07 Å². The molecule has 0 saturated heterocycles. The Morgan fingerprint density at radius 1 is 1.30 bits per heavy atom. The van der Waals surface area contributed by atoms with Crippen LogP contribution in [0.15, 0.2) is 30.3 Å². The summed E-state index contributed by atoms with van der Waals surface area (Å²) in [6.07, 6.45) is 0. The van der Waals surface area contributed by atoms with Crippen LogP contribution in [0.5, 0.6) is 5.75 Å². The predicted molar refractivity (Wildman–Crippen MR) is 75.4 cm³/mol. The first-order valence-electron chi connectivity index (χ1n) is 6.04. The van der Waals surface area contributed by atoms with Crippen molar-refractivity contribution in [2.24, 2.45) is 0 Å². The van der Waals surface area contributed by atoms with E-state index in [2.05, 4.69) is 20.8 Å². The Balaban J connectivity index is 1.85. The first-order chi connectivity index (χ1) is 9.74. The molecule has 2 aromatic rings. The van der Waals surface area contributed by atoms with E-state index >= 15 is 0 Å². The lowest BCUT2D eigenvalue weighted by Crippen LogP contribution is -2.22. The topological polar surface area (TPSA) is 76.1 Å². The number of halogens is 1. The standard InChI is InChI=1S/C13H11ClN4O2/c14-10-4-5-11(18-17-10)16-13(19)8-2-1-3-9-12(8)20-7-6-15-9/h1-5,15H,6-7H2,(H,16,18,19). The summed E-state index contributed by atoms with van der Waals surface area (Å²) in [5, 5.41) is 13.6. The van der Waals surface area contributed by atoms with Gasteiger partial charge in [0.2, 0.25) is 0 Å². The van der Waals surface area contributed by atoms with Gasteiger partial charge < -0.3 is 15.4 Å². The fourth-order valence-corrected chi connectivity index (χ4v) is 2.02. The van der Waals surface area contributed by atoms with Gasteiger partial charge in [0.25, 0.3) is 5.91 Å². The highest BCUT2D eigenvalue weighted by Crippen LogP contribution is 2.31. The number of amides is 1. The second kappa shape index (κ2) is 5.34. The summed E-state index contributed by atoms with van der Waals surface area (Å²) < 4.78 is 5.55. The van der Waals surface area contributed by atoms with Crippen LogP contribution >= 0.6 is 11.6 Å². The molecule has 0 atom stereocenters. The SMILES string of the molecule is O=C(Nc1ccc(Cl)nn1)c1cccc2c1OCCN2. The van der Waals surface area contributed by atoms with Crippen molar-refractivity contribution in [1.29, 1.82) is 0 Å². The molecule has 6 nitrogen and oxygen atoms in total. The number of aromatic nitrogens is 2. The molecule has 0 aliphatic carbocycles. The van der Waals surface area contributed by atoms with Gasteiger partial charge in [0.05, 0.1) is 11.3 Å². The molecule has 2 N–H and O–H groups in total. The van der Waals surface area contributed by atoms with Crippen LogP contribution in [0.2, 0.25) is 5.15 Å². The van der Waals surface area contributed by atoms with Gasteiger partial charge in [0.1, 0.15) is 6.61 Å². The highest BCUT2D eigenvalue weighted by atomic mass is 35.5. The smallest absolute Gasteiger partial charge is 0.260 e. The van der Waals surface area contributed by atoms with Gasteiger partial charge in [-0.1, -0.05) is 17.7 Å². The lowest BCUT2D eigenvalue weighted by atomic mass is 10.1. The molecular formula is C13H11ClN4O2. The number of hydrogen-bond acceptors (Lipinski definition) is 5. The summed E-state index contributed by atoms with van der Waals surface area (Å²) in [6, 6.07) is 8.51. The maximum absolute atomic E-state index is 12.3. The van der Waals surface area contributed by atoms with E-state index in [1.54, 1.807) is 24.3 Å². The average molecular weight is 291 g/mol. The van der Waals surface area contributed by atoms with Gasteiger partial charge in [0.15, 0.2) is 16.7 Å². The first-order valence-corrected chi connectivity index (χ1v) is 6.42. The molecule has 0 spiro atoms. The van der Waals surface area contributed by atoms with Gasteiger partial charge in [-0.05, 0) is 24.3 Å². The summed E-state index contributed by atoms with van der Waals surface area (Å²) in [6.45, 7) is 1.25. The van der Waals surface area contributed by atoms with Crippen LogP contribution in [0, 0.1) is 0 Å². The van der Waals surface area contributed by atoms with E-state index in [0.29, 0.717) is 23.7 Å². The van der Waals surface area contributed by atoms with E-state index < -0.39 is 0 Å². The Morgan fingerprint density at radius 3 is 3.00 bits per heavy atom. The van der Waals surface area contributed by atoms with Gasteiger partial charge in [-0.2, -0.15) is 0 Å². The quantitative estimate of drug-likeness (QED) is 0.886. The van der Waals surface area contributed by atoms with E-state index in [4.69, 9.17) is 16.3 Å². The molecular weight excluding hydrogens is 280 g/mol. The molecule has 7 heteroatoms. The van der Waals surface area contributed by atoms with Gasteiger partial charge >= 0.3 is 0 Å². The zero-order valence-corrected chi connectivity index (χ0v) is 11.1. The van der Waals surface area contributed by atoms with E-state index in [9.17, 15) is 4.79 Å². The molecule has 0 radical (unpaired) electrons. The Bertz CT molecular complexity index is 645. The van der Waals surface area contributed by atoms with Crippen LogP contribution in [0.1, 0.15) is 10.4 Å². The second-order valence-electron chi connectivity index (χ2n) is 4.15. The number of benzene rings is 1. The molecule has 1 aromatic heterocycles. The third-order valence-corrected chi connectivity index (χ3v) is 3.00. The van der Waals surface area contributed by atoms with Crippen molar-refractivity contribution in [3.8, 4) is 5.75 Å². The maximum Gasteiger partial charge on any atom is 0.260 e. The molecule has 1 aliphatic heterocycles. The number of hydrogen-bond donors (Lipinski definition) is 2. The zero-order chi connectivity index (χ0) is 13.9. The van der Waals surface area contributed by atoms with Gasteiger partial charge in [-0.15, -0.1) is 10.2 Å². The van der Waals surface area contributed by atoms with Crippen LogP contribution in [0.25, 0.3) is 0 Å². The van der Waals surface area contributed by atoms with E-state index in [0.717, 1.165) is 12.2 Å². The fraction of sp³-hybridized carbons (Fsp3) is 0.154.